The fourth-order valence-electron chi connectivity index (χ4n) is 1.38. The van der Waals surface area contributed by atoms with Crippen molar-refractivity contribution >= 4 is 22.1 Å². The van der Waals surface area contributed by atoms with Gasteiger partial charge in [-0.05, 0) is 24.3 Å². The summed E-state index contributed by atoms with van der Waals surface area (Å²) in [6, 6.07) is 10.6. The maximum atomic E-state index is 13.3. The van der Waals surface area contributed by atoms with Gasteiger partial charge in [-0.1, -0.05) is 33.2 Å². The van der Waals surface area contributed by atoms with Gasteiger partial charge in [-0.2, -0.15) is 0 Å². The number of benzene rings is 2. The minimum atomic E-state index is -0.655. The summed E-state index contributed by atoms with van der Waals surface area (Å²) in [7, 11) is 0. The zero-order valence-corrected chi connectivity index (χ0v) is 11.3. The van der Waals surface area contributed by atoms with Gasteiger partial charge in [0.2, 0.25) is 0 Å². The van der Waals surface area contributed by atoms with E-state index < -0.39 is 11.6 Å². The van der Waals surface area contributed by atoms with Gasteiger partial charge in [-0.3, -0.25) is 0 Å². The Bertz CT molecular complexity index is 602. The zero-order valence-electron chi connectivity index (χ0n) is 9.74. The van der Waals surface area contributed by atoms with Gasteiger partial charge < -0.3 is 4.84 Å². The van der Waals surface area contributed by atoms with Crippen molar-refractivity contribution in [3.8, 4) is 0 Å². The molecule has 0 atom stereocenters. The summed E-state index contributed by atoms with van der Waals surface area (Å²) in [4.78, 5) is 4.92. The Hall–Kier alpha value is -1.75. The average Bonchev–Trinajstić information content (AvgIpc) is 2.37. The third kappa shape index (κ3) is 4.13. The second-order valence-corrected chi connectivity index (χ2v) is 4.64. The summed E-state index contributed by atoms with van der Waals surface area (Å²) in [5.74, 6) is -1.27. The molecule has 0 aliphatic heterocycles. The molecule has 2 aromatic carbocycles. The standard InChI is InChI=1S/C14H9BrF2NO/c15-12-3-1-2-10(6-12)8-18-19-9-11-4-5-13(16)7-14(11)17/h1-7H,9H2. The van der Waals surface area contributed by atoms with Gasteiger partial charge >= 0.3 is 0 Å². The molecule has 97 valence electrons. The lowest BCUT2D eigenvalue weighted by molar-refractivity contribution is 0.129. The summed E-state index contributed by atoms with van der Waals surface area (Å²) >= 11 is 3.32. The number of nitrogens with zero attached hydrogens (tertiary/aromatic N) is 1. The van der Waals surface area contributed by atoms with E-state index in [-0.39, 0.29) is 12.2 Å². The highest BCUT2D eigenvalue weighted by Gasteiger charge is 2.03. The van der Waals surface area contributed by atoms with Crippen LogP contribution < -0.4 is 0 Å². The Morgan fingerprint density at radius 2 is 2.00 bits per heavy atom. The molecule has 0 amide bonds. The molecule has 0 bridgehead atoms. The smallest absolute Gasteiger partial charge is 0.145 e. The molecule has 2 rings (SSSR count). The second kappa shape index (κ2) is 6.43. The van der Waals surface area contributed by atoms with E-state index in [0.717, 1.165) is 16.1 Å². The molecule has 0 N–H and O–H groups in total. The van der Waals surface area contributed by atoms with Crippen molar-refractivity contribution in [2.45, 2.75) is 6.61 Å². The van der Waals surface area contributed by atoms with E-state index in [9.17, 15) is 8.78 Å². The second-order valence-electron chi connectivity index (χ2n) is 3.72. The Kier molecular flexibility index (Phi) is 4.63. The number of hydrogen-bond donors (Lipinski definition) is 0. The highest BCUT2D eigenvalue weighted by Crippen LogP contribution is 2.12. The van der Waals surface area contributed by atoms with Crippen molar-refractivity contribution in [2.24, 2.45) is 5.16 Å². The van der Waals surface area contributed by atoms with Crippen LogP contribution in [0.25, 0.3) is 0 Å². The molecule has 0 aliphatic carbocycles. The number of rotatable bonds is 4. The third-order valence-corrected chi connectivity index (χ3v) is 2.79. The molecule has 5 heteroatoms. The molecule has 0 spiro atoms. The Labute approximate surface area is 117 Å². The van der Waals surface area contributed by atoms with Crippen LogP contribution in [0.15, 0.2) is 52.1 Å². The van der Waals surface area contributed by atoms with Gasteiger partial charge in [-0.15, -0.1) is 0 Å². The van der Waals surface area contributed by atoms with Gasteiger partial charge in [0.05, 0.1) is 0 Å². The van der Waals surface area contributed by atoms with Crippen LogP contribution in [0.3, 0.4) is 0 Å². The molecular formula is C14H9BrF2NO. The molecule has 1 radical (unpaired) electrons. The van der Waals surface area contributed by atoms with Crippen LogP contribution in [-0.4, -0.2) is 6.21 Å². The van der Waals surface area contributed by atoms with E-state index in [1.54, 1.807) is 6.07 Å². The van der Waals surface area contributed by atoms with Gasteiger partial charge in [-0.25, -0.2) is 8.78 Å². The van der Waals surface area contributed by atoms with Crippen LogP contribution in [0.2, 0.25) is 0 Å². The van der Waals surface area contributed by atoms with Crippen LogP contribution in [0.5, 0.6) is 0 Å². The summed E-state index contributed by atoms with van der Waals surface area (Å²) in [5, 5.41) is 3.61. The molecule has 0 fully saturated rings. The van der Waals surface area contributed by atoms with E-state index in [4.69, 9.17) is 4.84 Å². The van der Waals surface area contributed by atoms with Crippen molar-refractivity contribution in [2.75, 3.05) is 0 Å². The van der Waals surface area contributed by atoms with Crippen molar-refractivity contribution in [1.29, 1.82) is 0 Å². The first-order valence-electron chi connectivity index (χ1n) is 5.42. The normalized spacial score (nSPS) is 10.9. The van der Waals surface area contributed by atoms with Crippen LogP contribution in [0, 0.1) is 11.6 Å². The van der Waals surface area contributed by atoms with Crippen molar-refractivity contribution in [3.05, 3.63) is 69.7 Å². The lowest BCUT2D eigenvalue weighted by atomic mass is 10.2. The monoisotopic (exact) mass is 324 g/mol. The van der Waals surface area contributed by atoms with Gasteiger partial charge in [0.15, 0.2) is 0 Å². The quantitative estimate of drug-likeness (QED) is 0.611. The van der Waals surface area contributed by atoms with Crippen LogP contribution in [0.1, 0.15) is 11.1 Å². The Morgan fingerprint density at radius 1 is 1.16 bits per heavy atom. The van der Waals surface area contributed by atoms with E-state index in [1.807, 2.05) is 18.2 Å². The van der Waals surface area contributed by atoms with E-state index in [2.05, 4.69) is 27.3 Å². The Morgan fingerprint density at radius 3 is 2.74 bits per heavy atom. The molecular weight excluding hydrogens is 316 g/mol. The molecule has 0 saturated carbocycles. The highest BCUT2D eigenvalue weighted by atomic mass is 79.9. The van der Waals surface area contributed by atoms with E-state index in [1.165, 1.54) is 12.1 Å². The first kappa shape index (κ1) is 13.7. The molecule has 2 aromatic rings. The lowest BCUT2D eigenvalue weighted by Crippen LogP contribution is -1.93. The molecule has 0 aromatic heterocycles. The van der Waals surface area contributed by atoms with Crippen LogP contribution >= 0.6 is 15.9 Å². The predicted molar refractivity (Wildman–Crippen MR) is 71.8 cm³/mol. The van der Waals surface area contributed by atoms with Gasteiger partial charge in [0.25, 0.3) is 0 Å². The minimum Gasteiger partial charge on any atom is -0.390 e. The van der Waals surface area contributed by atoms with E-state index in [0.29, 0.717) is 0 Å². The van der Waals surface area contributed by atoms with Crippen LogP contribution in [-0.2, 0) is 11.4 Å². The van der Waals surface area contributed by atoms with Gasteiger partial charge in [0.1, 0.15) is 24.5 Å². The maximum Gasteiger partial charge on any atom is 0.145 e. The van der Waals surface area contributed by atoms with Crippen molar-refractivity contribution in [3.63, 3.8) is 0 Å². The summed E-state index contributed by atoms with van der Waals surface area (Å²) < 4.78 is 26.8. The minimum absolute atomic E-state index is 0.0763. The predicted octanol–water partition coefficient (Wildman–Crippen LogP) is 4.16. The molecule has 2 nitrogen and oxygen atoms in total. The summed E-state index contributed by atoms with van der Waals surface area (Å²) in [6.07, 6.45) is 2.66. The fraction of sp³-hybridized carbons (Fsp3) is 0.0714. The third-order valence-electron chi connectivity index (χ3n) is 2.30. The number of hydrogen-bond acceptors (Lipinski definition) is 2. The van der Waals surface area contributed by atoms with Gasteiger partial charge in [0, 0.05) is 21.7 Å². The number of halogens is 3. The van der Waals surface area contributed by atoms with Crippen molar-refractivity contribution in [1.82, 2.24) is 0 Å². The highest BCUT2D eigenvalue weighted by molar-refractivity contribution is 9.10. The van der Waals surface area contributed by atoms with Crippen LogP contribution in [0.4, 0.5) is 8.78 Å². The molecule has 0 saturated heterocycles. The molecule has 0 heterocycles. The maximum absolute atomic E-state index is 13.3. The summed E-state index contributed by atoms with van der Waals surface area (Å²) in [6.45, 7) is -0.0763. The van der Waals surface area contributed by atoms with Crippen molar-refractivity contribution < 1.29 is 13.6 Å². The zero-order chi connectivity index (χ0) is 13.7. The Balaban J connectivity index is 1.93. The molecule has 19 heavy (non-hydrogen) atoms. The fourth-order valence-corrected chi connectivity index (χ4v) is 1.78. The molecule has 0 aliphatic rings. The first-order chi connectivity index (χ1) is 9.15. The largest absolute Gasteiger partial charge is 0.390 e. The SMILES string of the molecule is Fc1ccc(CO/N=[C]\c2cccc(Br)c2)c(F)c1. The average molecular weight is 325 g/mol. The topological polar surface area (TPSA) is 21.6 Å². The first-order valence-corrected chi connectivity index (χ1v) is 6.22. The summed E-state index contributed by atoms with van der Waals surface area (Å²) in [5.41, 5.74) is 0.968. The molecule has 0 unspecified atom stereocenters. The lowest BCUT2D eigenvalue weighted by Gasteiger charge is -2.01. The van der Waals surface area contributed by atoms with E-state index >= 15 is 0 Å².